The maximum Gasteiger partial charge on any atom is 0.136 e. The van der Waals surface area contributed by atoms with Gasteiger partial charge in [0.05, 0.1) is 5.02 Å². The van der Waals surface area contributed by atoms with Gasteiger partial charge in [0.25, 0.3) is 0 Å². The number of nitrogens with zero attached hydrogens (tertiary/aromatic N) is 2. The summed E-state index contributed by atoms with van der Waals surface area (Å²) in [5, 5.41) is 0.709. The zero-order chi connectivity index (χ0) is 10.1. The summed E-state index contributed by atoms with van der Waals surface area (Å²) in [6.07, 6.45) is 3.72. The maximum atomic E-state index is 5.92. The van der Waals surface area contributed by atoms with Crippen molar-refractivity contribution >= 4 is 17.2 Å². The molecular formula is C10H12ClN3. The van der Waals surface area contributed by atoms with Crippen LogP contribution in [0.4, 0.5) is 0 Å². The minimum absolute atomic E-state index is 0.295. The zero-order valence-electron chi connectivity index (χ0n) is 7.94. The lowest BCUT2D eigenvalue weighted by molar-refractivity contribution is 0.736. The number of hydrogen-bond acceptors (Lipinski definition) is 2. The van der Waals surface area contributed by atoms with Crippen LogP contribution >= 0.6 is 11.6 Å². The number of aromatic nitrogens is 2. The number of nitrogens with two attached hydrogens (primary N) is 1. The van der Waals surface area contributed by atoms with Gasteiger partial charge in [0, 0.05) is 30.6 Å². The van der Waals surface area contributed by atoms with Crippen molar-refractivity contribution in [1.82, 2.24) is 9.38 Å². The van der Waals surface area contributed by atoms with E-state index in [2.05, 4.69) is 11.9 Å². The quantitative estimate of drug-likeness (QED) is 0.823. The van der Waals surface area contributed by atoms with Gasteiger partial charge < -0.3 is 10.1 Å². The first kappa shape index (κ1) is 9.49. The summed E-state index contributed by atoms with van der Waals surface area (Å²) in [5.41, 5.74) is 7.63. The number of hydrogen-bond donors (Lipinski definition) is 1. The van der Waals surface area contributed by atoms with Crippen molar-refractivity contribution < 1.29 is 0 Å². The Morgan fingerprint density at radius 3 is 3.07 bits per heavy atom. The summed E-state index contributed by atoms with van der Waals surface area (Å²) in [6, 6.07) is 3.73. The molecule has 74 valence electrons. The first-order chi connectivity index (χ1) is 6.72. The Morgan fingerprint density at radius 2 is 2.36 bits per heavy atom. The van der Waals surface area contributed by atoms with E-state index in [4.69, 9.17) is 17.3 Å². The number of fused-ring (bicyclic) bond motifs is 1. The van der Waals surface area contributed by atoms with Crippen molar-refractivity contribution in [1.29, 1.82) is 0 Å². The summed E-state index contributed by atoms with van der Waals surface area (Å²) in [7, 11) is 0. The minimum atomic E-state index is 0.295. The van der Waals surface area contributed by atoms with Crippen LogP contribution in [-0.4, -0.2) is 15.9 Å². The number of pyridine rings is 1. The highest BCUT2D eigenvalue weighted by atomic mass is 35.5. The number of imidazole rings is 1. The Labute approximate surface area is 87.5 Å². The third-order valence-electron chi connectivity index (χ3n) is 2.36. The standard InChI is InChI=1S/C10H12ClN3/c1-7(4-12)9-5-13-10-3-2-8(11)6-14(9)10/h2-3,5-7H,4,12H2,1H3. The smallest absolute Gasteiger partial charge is 0.136 e. The fourth-order valence-corrected chi connectivity index (χ4v) is 1.62. The molecule has 3 nitrogen and oxygen atoms in total. The molecular weight excluding hydrogens is 198 g/mol. The van der Waals surface area contributed by atoms with Crippen molar-refractivity contribution in [3.63, 3.8) is 0 Å². The van der Waals surface area contributed by atoms with Crippen molar-refractivity contribution in [3.8, 4) is 0 Å². The molecule has 0 saturated carbocycles. The largest absolute Gasteiger partial charge is 0.330 e. The molecule has 0 spiro atoms. The molecule has 2 heterocycles. The molecule has 2 aromatic rings. The van der Waals surface area contributed by atoms with Crippen LogP contribution in [0.25, 0.3) is 5.65 Å². The summed E-state index contributed by atoms with van der Waals surface area (Å²) in [5.74, 6) is 0.295. The Hall–Kier alpha value is -1.06. The molecule has 14 heavy (non-hydrogen) atoms. The molecule has 0 aliphatic carbocycles. The van der Waals surface area contributed by atoms with Gasteiger partial charge in [-0.3, -0.25) is 0 Å². The van der Waals surface area contributed by atoms with Crippen LogP contribution < -0.4 is 5.73 Å². The highest BCUT2D eigenvalue weighted by Gasteiger charge is 2.09. The SMILES string of the molecule is CC(CN)c1cnc2ccc(Cl)cn12. The van der Waals surface area contributed by atoms with Crippen LogP contribution in [0.5, 0.6) is 0 Å². The van der Waals surface area contributed by atoms with Crippen molar-refractivity contribution in [2.24, 2.45) is 5.73 Å². The van der Waals surface area contributed by atoms with Gasteiger partial charge in [-0.1, -0.05) is 18.5 Å². The first-order valence-electron chi connectivity index (χ1n) is 4.55. The van der Waals surface area contributed by atoms with E-state index in [1.165, 1.54) is 0 Å². The molecule has 1 unspecified atom stereocenters. The second-order valence-electron chi connectivity index (χ2n) is 3.40. The molecule has 0 aliphatic rings. The molecule has 1 atom stereocenters. The van der Waals surface area contributed by atoms with Crippen LogP contribution in [0.1, 0.15) is 18.5 Å². The lowest BCUT2D eigenvalue weighted by Crippen LogP contribution is -2.10. The predicted molar refractivity (Wildman–Crippen MR) is 57.7 cm³/mol. The Balaban J connectivity index is 2.61. The minimum Gasteiger partial charge on any atom is -0.330 e. The van der Waals surface area contributed by atoms with E-state index in [0.717, 1.165) is 11.3 Å². The normalized spacial score (nSPS) is 13.4. The van der Waals surface area contributed by atoms with Gasteiger partial charge in [-0.15, -0.1) is 0 Å². The van der Waals surface area contributed by atoms with Crippen molar-refractivity contribution in [2.75, 3.05) is 6.54 Å². The van der Waals surface area contributed by atoms with Gasteiger partial charge in [-0.05, 0) is 12.1 Å². The summed E-state index contributed by atoms with van der Waals surface area (Å²) < 4.78 is 1.99. The lowest BCUT2D eigenvalue weighted by Gasteiger charge is -2.07. The summed E-state index contributed by atoms with van der Waals surface area (Å²) in [6.45, 7) is 2.69. The van der Waals surface area contributed by atoms with E-state index >= 15 is 0 Å². The number of halogens is 1. The van der Waals surface area contributed by atoms with Crippen molar-refractivity contribution in [2.45, 2.75) is 12.8 Å². The monoisotopic (exact) mass is 209 g/mol. The Bertz CT molecular complexity index is 450. The molecule has 4 heteroatoms. The summed E-state index contributed by atoms with van der Waals surface area (Å²) in [4.78, 5) is 4.28. The molecule has 2 N–H and O–H groups in total. The van der Waals surface area contributed by atoms with Gasteiger partial charge in [-0.2, -0.15) is 0 Å². The van der Waals surface area contributed by atoms with Crippen LogP contribution in [0.2, 0.25) is 5.02 Å². The van der Waals surface area contributed by atoms with Gasteiger partial charge in [-0.25, -0.2) is 4.98 Å². The van der Waals surface area contributed by atoms with E-state index in [9.17, 15) is 0 Å². The molecule has 0 bridgehead atoms. The van der Waals surface area contributed by atoms with E-state index in [1.807, 2.05) is 28.9 Å². The molecule has 0 fully saturated rings. The molecule has 0 aromatic carbocycles. The molecule has 0 saturated heterocycles. The van der Waals surface area contributed by atoms with E-state index in [1.54, 1.807) is 0 Å². The van der Waals surface area contributed by atoms with E-state index in [0.29, 0.717) is 17.5 Å². The lowest BCUT2D eigenvalue weighted by atomic mass is 10.1. The van der Waals surface area contributed by atoms with Gasteiger partial charge in [0.2, 0.25) is 0 Å². The average Bonchev–Trinajstić information content (AvgIpc) is 2.59. The summed E-state index contributed by atoms with van der Waals surface area (Å²) >= 11 is 5.92. The van der Waals surface area contributed by atoms with Gasteiger partial charge in [0.1, 0.15) is 5.65 Å². The number of rotatable bonds is 2. The molecule has 0 aliphatic heterocycles. The molecule has 2 rings (SSSR count). The Kier molecular flexibility index (Phi) is 2.44. The fourth-order valence-electron chi connectivity index (χ4n) is 1.46. The third kappa shape index (κ3) is 1.49. The van der Waals surface area contributed by atoms with Crippen LogP contribution in [0.3, 0.4) is 0 Å². The zero-order valence-corrected chi connectivity index (χ0v) is 8.70. The Morgan fingerprint density at radius 1 is 1.57 bits per heavy atom. The van der Waals surface area contributed by atoms with Crippen LogP contribution in [-0.2, 0) is 0 Å². The topological polar surface area (TPSA) is 43.3 Å². The average molecular weight is 210 g/mol. The second-order valence-corrected chi connectivity index (χ2v) is 3.83. The first-order valence-corrected chi connectivity index (χ1v) is 4.92. The molecule has 0 radical (unpaired) electrons. The molecule has 0 amide bonds. The second kappa shape index (κ2) is 3.59. The predicted octanol–water partition coefficient (Wildman–Crippen LogP) is 2.05. The van der Waals surface area contributed by atoms with Gasteiger partial charge in [0.15, 0.2) is 0 Å². The highest BCUT2D eigenvalue weighted by molar-refractivity contribution is 6.30. The fraction of sp³-hybridized carbons (Fsp3) is 0.300. The van der Waals surface area contributed by atoms with E-state index in [-0.39, 0.29) is 0 Å². The highest BCUT2D eigenvalue weighted by Crippen LogP contribution is 2.18. The molecule has 2 aromatic heterocycles. The van der Waals surface area contributed by atoms with Crippen LogP contribution in [0.15, 0.2) is 24.5 Å². The third-order valence-corrected chi connectivity index (χ3v) is 2.58. The van der Waals surface area contributed by atoms with Crippen molar-refractivity contribution in [3.05, 3.63) is 35.2 Å². The van der Waals surface area contributed by atoms with Crippen LogP contribution in [0, 0.1) is 0 Å². The van der Waals surface area contributed by atoms with Gasteiger partial charge >= 0.3 is 0 Å². The van der Waals surface area contributed by atoms with E-state index < -0.39 is 0 Å². The maximum absolute atomic E-state index is 5.92.